The Morgan fingerprint density at radius 3 is 2.57 bits per heavy atom. The highest BCUT2D eigenvalue weighted by atomic mass is 16.4. The van der Waals surface area contributed by atoms with Crippen LogP contribution in [0.4, 0.5) is 0 Å². The number of hydrogen-bond donors (Lipinski definition) is 2. The van der Waals surface area contributed by atoms with Gasteiger partial charge in [-0.05, 0) is 38.3 Å². The summed E-state index contributed by atoms with van der Waals surface area (Å²) in [6.45, 7) is 6.84. The number of hydrogen-bond acceptors (Lipinski definition) is 6. The van der Waals surface area contributed by atoms with Crippen molar-refractivity contribution in [3.8, 4) is 11.5 Å². The van der Waals surface area contributed by atoms with Crippen LogP contribution in [0.3, 0.4) is 0 Å². The first-order valence-corrected chi connectivity index (χ1v) is 10.7. The fourth-order valence-electron chi connectivity index (χ4n) is 3.45. The number of nitrogens with zero attached hydrogens (tertiary/aromatic N) is 3. The molecule has 3 rings (SSSR count). The Labute approximate surface area is 177 Å². The van der Waals surface area contributed by atoms with Crippen molar-refractivity contribution in [1.82, 2.24) is 25.7 Å². The Morgan fingerprint density at radius 1 is 1.13 bits per heavy atom. The molecule has 1 aliphatic rings. The van der Waals surface area contributed by atoms with E-state index in [9.17, 15) is 9.59 Å². The second kappa shape index (κ2) is 10.9. The number of rotatable bonds is 9. The van der Waals surface area contributed by atoms with Gasteiger partial charge in [0.1, 0.15) is 0 Å². The van der Waals surface area contributed by atoms with Crippen molar-refractivity contribution in [3.63, 3.8) is 0 Å². The SMILES string of the molecule is CCCNC(=O)CN1CCC(NC(=O)CCc2nnc(-c3ccc(C)cc3)o2)CC1. The molecule has 0 unspecified atom stereocenters. The van der Waals surface area contributed by atoms with Gasteiger partial charge in [0.2, 0.25) is 23.6 Å². The van der Waals surface area contributed by atoms with E-state index in [1.54, 1.807) is 0 Å². The summed E-state index contributed by atoms with van der Waals surface area (Å²) in [5.41, 5.74) is 2.04. The second-order valence-electron chi connectivity index (χ2n) is 7.83. The molecule has 1 aromatic carbocycles. The van der Waals surface area contributed by atoms with E-state index in [0.29, 0.717) is 31.2 Å². The molecule has 0 aliphatic carbocycles. The molecule has 1 saturated heterocycles. The summed E-state index contributed by atoms with van der Waals surface area (Å²) in [5, 5.41) is 14.1. The first-order chi connectivity index (χ1) is 14.5. The Balaban J connectivity index is 1.36. The van der Waals surface area contributed by atoms with Gasteiger partial charge in [0.25, 0.3) is 0 Å². The number of piperidine rings is 1. The molecule has 30 heavy (non-hydrogen) atoms. The van der Waals surface area contributed by atoms with E-state index in [1.165, 1.54) is 5.56 Å². The van der Waals surface area contributed by atoms with Gasteiger partial charge < -0.3 is 15.1 Å². The topological polar surface area (TPSA) is 100 Å². The van der Waals surface area contributed by atoms with Gasteiger partial charge in [-0.3, -0.25) is 14.5 Å². The molecule has 2 heterocycles. The van der Waals surface area contributed by atoms with Crippen molar-refractivity contribution in [1.29, 1.82) is 0 Å². The highest BCUT2D eigenvalue weighted by Gasteiger charge is 2.22. The van der Waals surface area contributed by atoms with E-state index in [1.807, 2.05) is 38.1 Å². The minimum Gasteiger partial charge on any atom is -0.421 e. The molecule has 0 atom stereocenters. The normalized spacial score (nSPS) is 15.1. The average molecular weight is 414 g/mol. The zero-order valence-corrected chi connectivity index (χ0v) is 17.8. The standard InChI is InChI=1S/C22H31N5O3/c1-3-12-23-20(29)15-27-13-10-18(11-14-27)24-19(28)8-9-21-25-26-22(30-21)17-6-4-16(2)5-7-17/h4-7,18H,3,8-15H2,1-2H3,(H,23,29)(H,24,28). The molecule has 1 aliphatic heterocycles. The Hall–Kier alpha value is -2.74. The number of aromatic nitrogens is 2. The predicted molar refractivity (Wildman–Crippen MR) is 114 cm³/mol. The van der Waals surface area contributed by atoms with Crippen molar-refractivity contribution in [2.45, 2.75) is 52.0 Å². The lowest BCUT2D eigenvalue weighted by atomic mass is 10.0. The van der Waals surface area contributed by atoms with Crippen LogP contribution >= 0.6 is 0 Å². The molecular formula is C22H31N5O3. The highest BCUT2D eigenvalue weighted by Crippen LogP contribution is 2.18. The molecule has 2 amide bonds. The van der Waals surface area contributed by atoms with Crippen molar-refractivity contribution in [3.05, 3.63) is 35.7 Å². The molecule has 1 fully saturated rings. The van der Waals surface area contributed by atoms with E-state index >= 15 is 0 Å². The van der Waals surface area contributed by atoms with Crippen LogP contribution in [0.25, 0.3) is 11.5 Å². The third kappa shape index (κ3) is 6.66. The monoisotopic (exact) mass is 413 g/mol. The van der Waals surface area contributed by atoms with Gasteiger partial charge >= 0.3 is 0 Å². The summed E-state index contributed by atoms with van der Waals surface area (Å²) in [6.07, 6.45) is 3.38. The highest BCUT2D eigenvalue weighted by molar-refractivity contribution is 5.78. The predicted octanol–water partition coefficient (Wildman–Crippen LogP) is 2.08. The summed E-state index contributed by atoms with van der Waals surface area (Å²) in [7, 11) is 0. The molecule has 0 bridgehead atoms. The van der Waals surface area contributed by atoms with Gasteiger partial charge in [-0.15, -0.1) is 10.2 Å². The first-order valence-electron chi connectivity index (χ1n) is 10.7. The van der Waals surface area contributed by atoms with Gasteiger partial charge in [0.05, 0.1) is 6.54 Å². The summed E-state index contributed by atoms with van der Waals surface area (Å²) in [6, 6.07) is 8.03. The van der Waals surface area contributed by atoms with Crippen LogP contribution in [0.1, 0.15) is 44.1 Å². The van der Waals surface area contributed by atoms with Gasteiger partial charge in [0, 0.05) is 44.1 Å². The summed E-state index contributed by atoms with van der Waals surface area (Å²) < 4.78 is 5.68. The molecule has 0 spiro atoms. The third-order valence-electron chi connectivity index (χ3n) is 5.22. The maximum atomic E-state index is 12.3. The van der Waals surface area contributed by atoms with Crippen LogP contribution in [0.5, 0.6) is 0 Å². The van der Waals surface area contributed by atoms with E-state index in [2.05, 4.69) is 25.7 Å². The molecule has 0 saturated carbocycles. The number of carbonyl (C=O) groups is 2. The largest absolute Gasteiger partial charge is 0.421 e. The van der Waals surface area contributed by atoms with Crippen LogP contribution in [0.2, 0.25) is 0 Å². The zero-order chi connectivity index (χ0) is 21.3. The summed E-state index contributed by atoms with van der Waals surface area (Å²) in [5.74, 6) is 1.00. The molecule has 1 aromatic heterocycles. The fourth-order valence-corrected chi connectivity index (χ4v) is 3.45. The lowest BCUT2D eigenvalue weighted by molar-refractivity contribution is -0.124. The number of amides is 2. The van der Waals surface area contributed by atoms with E-state index < -0.39 is 0 Å². The maximum absolute atomic E-state index is 12.3. The number of carbonyl (C=O) groups excluding carboxylic acids is 2. The fraction of sp³-hybridized carbons (Fsp3) is 0.545. The summed E-state index contributed by atoms with van der Waals surface area (Å²) in [4.78, 5) is 26.2. The number of nitrogens with one attached hydrogen (secondary N) is 2. The molecule has 2 aromatic rings. The van der Waals surface area contributed by atoms with Crippen LogP contribution in [0, 0.1) is 6.92 Å². The van der Waals surface area contributed by atoms with Crippen LogP contribution in [-0.2, 0) is 16.0 Å². The van der Waals surface area contributed by atoms with E-state index in [0.717, 1.165) is 44.5 Å². The van der Waals surface area contributed by atoms with E-state index in [-0.39, 0.29) is 17.9 Å². The van der Waals surface area contributed by atoms with Gasteiger partial charge in [-0.2, -0.15) is 0 Å². The molecule has 8 nitrogen and oxygen atoms in total. The maximum Gasteiger partial charge on any atom is 0.247 e. The Bertz CT molecular complexity index is 826. The summed E-state index contributed by atoms with van der Waals surface area (Å²) >= 11 is 0. The minimum absolute atomic E-state index is 0.00998. The number of benzene rings is 1. The average Bonchev–Trinajstić information content (AvgIpc) is 3.22. The van der Waals surface area contributed by atoms with E-state index in [4.69, 9.17) is 4.42 Å². The second-order valence-corrected chi connectivity index (χ2v) is 7.83. The minimum atomic E-state index is -0.00998. The molecule has 2 N–H and O–H groups in total. The van der Waals surface area contributed by atoms with Gasteiger partial charge in [-0.25, -0.2) is 0 Å². The lowest BCUT2D eigenvalue weighted by Crippen LogP contribution is -2.47. The smallest absolute Gasteiger partial charge is 0.247 e. The molecule has 8 heteroatoms. The molecular weight excluding hydrogens is 382 g/mol. The quantitative estimate of drug-likeness (QED) is 0.653. The van der Waals surface area contributed by atoms with Crippen LogP contribution < -0.4 is 10.6 Å². The number of aryl methyl sites for hydroxylation is 2. The molecule has 0 radical (unpaired) electrons. The van der Waals surface area contributed by atoms with Crippen molar-refractivity contribution >= 4 is 11.8 Å². The van der Waals surface area contributed by atoms with Gasteiger partial charge in [-0.1, -0.05) is 24.6 Å². The van der Waals surface area contributed by atoms with Crippen LogP contribution in [-0.4, -0.2) is 59.1 Å². The van der Waals surface area contributed by atoms with Gasteiger partial charge in [0.15, 0.2) is 0 Å². The zero-order valence-electron chi connectivity index (χ0n) is 17.8. The Morgan fingerprint density at radius 2 is 1.87 bits per heavy atom. The molecule has 162 valence electrons. The first kappa shape index (κ1) is 22.0. The lowest BCUT2D eigenvalue weighted by Gasteiger charge is -2.31. The Kier molecular flexibility index (Phi) is 7.96. The van der Waals surface area contributed by atoms with Crippen molar-refractivity contribution in [2.24, 2.45) is 0 Å². The van der Waals surface area contributed by atoms with Crippen molar-refractivity contribution < 1.29 is 14.0 Å². The number of likely N-dealkylation sites (tertiary alicyclic amines) is 1. The third-order valence-corrected chi connectivity index (χ3v) is 5.22. The van der Waals surface area contributed by atoms with Crippen LogP contribution in [0.15, 0.2) is 28.7 Å². The van der Waals surface area contributed by atoms with Crippen molar-refractivity contribution in [2.75, 3.05) is 26.2 Å².